The number of benzene rings is 1. The normalized spacial score (nSPS) is 11.2. The Bertz CT molecular complexity index is 718. The highest BCUT2D eigenvalue weighted by atomic mass is 15.6. The lowest BCUT2D eigenvalue weighted by atomic mass is 10.1. The fourth-order valence-corrected chi connectivity index (χ4v) is 2.06. The summed E-state index contributed by atoms with van der Waals surface area (Å²) in [5, 5.41) is 18.7. The van der Waals surface area contributed by atoms with Crippen LogP contribution in [0.4, 0.5) is 5.82 Å². The number of hydrogen-bond donors (Lipinski definition) is 1. The molecule has 0 saturated carbocycles. The van der Waals surface area contributed by atoms with Gasteiger partial charge in [0, 0.05) is 13.1 Å². The second-order valence-corrected chi connectivity index (χ2v) is 5.15. The molecular formula is C14H17N7. The molecule has 21 heavy (non-hydrogen) atoms. The highest BCUT2D eigenvalue weighted by Gasteiger charge is 2.01. The standard InChI is InChI=1S/C14H17N7/c1-20(2)10-12-5-3-11(4-6-12)9-15-13-7-8-14-16-18-19-21(14)17-13/h3-8H,9-10H2,1-2H3,(H,15,17). The minimum atomic E-state index is 0.633. The van der Waals surface area contributed by atoms with Crippen molar-refractivity contribution in [2.24, 2.45) is 0 Å². The van der Waals surface area contributed by atoms with Crippen LogP contribution in [0, 0.1) is 0 Å². The molecule has 0 spiro atoms. The molecular weight excluding hydrogens is 266 g/mol. The van der Waals surface area contributed by atoms with Crippen LogP contribution in [-0.4, -0.2) is 44.2 Å². The van der Waals surface area contributed by atoms with Crippen LogP contribution in [0.15, 0.2) is 36.4 Å². The van der Waals surface area contributed by atoms with Crippen molar-refractivity contribution in [3.8, 4) is 0 Å². The third-order valence-electron chi connectivity index (χ3n) is 3.06. The van der Waals surface area contributed by atoms with Crippen molar-refractivity contribution in [3.63, 3.8) is 0 Å². The molecule has 108 valence electrons. The minimum Gasteiger partial charge on any atom is -0.365 e. The molecule has 3 aromatic rings. The van der Waals surface area contributed by atoms with Gasteiger partial charge in [0.25, 0.3) is 0 Å². The number of nitrogens with one attached hydrogen (secondary N) is 1. The van der Waals surface area contributed by atoms with Gasteiger partial charge in [0.05, 0.1) is 0 Å². The Morgan fingerprint density at radius 1 is 1.05 bits per heavy atom. The maximum Gasteiger partial charge on any atom is 0.200 e. The summed E-state index contributed by atoms with van der Waals surface area (Å²) in [5.74, 6) is 0.743. The molecule has 0 bridgehead atoms. The second-order valence-electron chi connectivity index (χ2n) is 5.15. The van der Waals surface area contributed by atoms with Crippen molar-refractivity contribution in [1.29, 1.82) is 0 Å². The van der Waals surface area contributed by atoms with Crippen LogP contribution in [0.25, 0.3) is 5.65 Å². The Kier molecular flexibility index (Phi) is 3.74. The Labute approximate surface area is 122 Å². The first-order valence-corrected chi connectivity index (χ1v) is 6.72. The number of anilines is 1. The van der Waals surface area contributed by atoms with Crippen molar-refractivity contribution in [1.82, 2.24) is 30.2 Å². The average Bonchev–Trinajstić information content (AvgIpc) is 2.93. The Hall–Kier alpha value is -2.54. The van der Waals surface area contributed by atoms with Gasteiger partial charge in [-0.15, -0.1) is 14.8 Å². The second kappa shape index (κ2) is 5.84. The molecule has 0 unspecified atom stereocenters. The fourth-order valence-electron chi connectivity index (χ4n) is 2.06. The summed E-state index contributed by atoms with van der Waals surface area (Å²) in [4.78, 5) is 2.15. The molecule has 1 N–H and O–H groups in total. The van der Waals surface area contributed by atoms with Gasteiger partial charge < -0.3 is 10.2 Å². The summed E-state index contributed by atoms with van der Waals surface area (Å²) < 4.78 is 1.41. The van der Waals surface area contributed by atoms with Crippen LogP contribution < -0.4 is 5.32 Å². The van der Waals surface area contributed by atoms with Crippen LogP contribution in [0.3, 0.4) is 0 Å². The fraction of sp³-hybridized carbons (Fsp3) is 0.286. The number of aromatic nitrogens is 5. The molecule has 0 fully saturated rings. The van der Waals surface area contributed by atoms with E-state index in [0.29, 0.717) is 12.2 Å². The van der Waals surface area contributed by atoms with Gasteiger partial charge in [-0.2, -0.15) is 0 Å². The number of tetrazole rings is 1. The average molecular weight is 283 g/mol. The van der Waals surface area contributed by atoms with E-state index >= 15 is 0 Å². The molecule has 0 amide bonds. The lowest BCUT2D eigenvalue weighted by Crippen LogP contribution is -2.10. The molecule has 2 heterocycles. The first-order chi connectivity index (χ1) is 10.2. The molecule has 0 atom stereocenters. The smallest absolute Gasteiger partial charge is 0.200 e. The summed E-state index contributed by atoms with van der Waals surface area (Å²) >= 11 is 0. The van der Waals surface area contributed by atoms with Gasteiger partial charge in [0.1, 0.15) is 5.82 Å². The zero-order valence-electron chi connectivity index (χ0n) is 12.1. The lowest BCUT2D eigenvalue weighted by Gasteiger charge is -2.10. The van der Waals surface area contributed by atoms with E-state index in [0.717, 1.165) is 12.4 Å². The van der Waals surface area contributed by atoms with E-state index in [1.54, 1.807) is 0 Å². The van der Waals surface area contributed by atoms with E-state index in [9.17, 15) is 0 Å². The summed E-state index contributed by atoms with van der Waals surface area (Å²) in [6.45, 7) is 1.66. The SMILES string of the molecule is CN(C)Cc1ccc(CNc2ccc3nnnn3n2)cc1. The topological polar surface area (TPSA) is 71.2 Å². The quantitative estimate of drug-likeness (QED) is 0.758. The van der Waals surface area contributed by atoms with Gasteiger partial charge in [0.15, 0.2) is 5.65 Å². The van der Waals surface area contributed by atoms with Crippen molar-refractivity contribution in [2.75, 3.05) is 19.4 Å². The molecule has 2 aromatic heterocycles. The predicted octanol–water partition coefficient (Wildman–Crippen LogP) is 1.19. The molecule has 7 heteroatoms. The Balaban J connectivity index is 1.63. The highest BCUT2D eigenvalue weighted by Crippen LogP contribution is 2.09. The minimum absolute atomic E-state index is 0.633. The monoisotopic (exact) mass is 283 g/mol. The van der Waals surface area contributed by atoms with Gasteiger partial charge in [-0.25, -0.2) is 0 Å². The van der Waals surface area contributed by atoms with E-state index in [4.69, 9.17) is 0 Å². The molecule has 0 saturated heterocycles. The van der Waals surface area contributed by atoms with Crippen molar-refractivity contribution in [2.45, 2.75) is 13.1 Å². The third-order valence-corrected chi connectivity index (χ3v) is 3.06. The number of nitrogens with zero attached hydrogens (tertiary/aromatic N) is 6. The molecule has 0 aliphatic heterocycles. The van der Waals surface area contributed by atoms with Gasteiger partial charge in [-0.3, -0.25) is 0 Å². The number of rotatable bonds is 5. The highest BCUT2D eigenvalue weighted by molar-refractivity contribution is 5.42. The Morgan fingerprint density at radius 3 is 2.57 bits per heavy atom. The zero-order chi connectivity index (χ0) is 14.7. The van der Waals surface area contributed by atoms with E-state index in [-0.39, 0.29) is 0 Å². The van der Waals surface area contributed by atoms with E-state index < -0.39 is 0 Å². The molecule has 3 rings (SSSR count). The van der Waals surface area contributed by atoms with Crippen molar-refractivity contribution in [3.05, 3.63) is 47.5 Å². The van der Waals surface area contributed by atoms with Gasteiger partial charge in [-0.1, -0.05) is 24.3 Å². The van der Waals surface area contributed by atoms with E-state index in [2.05, 4.69) is 69.2 Å². The van der Waals surface area contributed by atoms with E-state index in [1.165, 1.54) is 15.8 Å². The maximum absolute atomic E-state index is 4.27. The molecule has 0 aliphatic carbocycles. The number of hydrogen-bond acceptors (Lipinski definition) is 6. The van der Waals surface area contributed by atoms with Gasteiger partial charge in [-0.05, 0) is 47.8 Å². The molecule has 7 nitrogen and oxygen atoms in total. The van der Waals surface area contributed by atoms with Crippen molar-refractivity contribution >= 4 is 11.5 Å². The third kappa shape index (κ3) is 3.32. The van der Waals surface area contributed by atoms with Crippen LogP contribution in [-0.2, 0) is 13.1 Å². The van der Waals surface area contributed by atoms with E-state index in [1.807, 2.05) is 12.1 Å². The first-order valence-electron chi connectivity index (χ1n) is 6.72. The number of fused-ring (bicyclic) bond motifs is 1. The molecule has 0 aliphatic rings. The molecule has 0 radical (unpaired) electrons. The van der Waals surface area contributed by atoms with Crippen LogP contribution in [0.2, 0.25) is 0 Å². The van der Waals surface area contributed by atoms with Gasteiger partial charge in [0.2, 0.25) is 0 Å². The Morgan fingerprint density at radius 2 is 1.81 bits per heavy atom. The summed E-state index contributed by atoms with van der Waals surface area (Å²) in [7, 11) is 4.13. The summed E-state index contributed by atoms with van der Waals surface area (Å²) in [6.07, 6.45) is 0. The summed E-state index contributed by atoms with van der Waals surface area (Å²) in [5.41, 5.74) is 3.14. The molecule has 1 aromatic carbocycles. The van der Waals surface area contributed by atoms with Gasteiger partial charge >= 0.3 is 0 Å². The van der Waals surface area contributed by atoms with Crippen LogP contribution in [0.1, 0.15) is 11.1 Å². The lowest BCUT2D eigenvalue weighted by molar-refractivity contribution is 0.402. The van der Waals surface area contributed by atoms with Crippen molar-refractivity contribution < 1.29 is 0 Å². The summed E-state index contributed by atoms with van der Waals surface area (Å²) in [6, 6.07) is 12.2. The largest absolute Gasteiger partial charge is 0.365 e. The van der Waals surface area contributed by atoms with Crippen LogP contribution in [0.5, 0.6) is 0 Å². The van der Waals surface area contributed by atoms with Crippen LogP contribution >= 0.6 is 0 Å². The predicted molar refractivity (Wildman–Crippen MR) is 79.7 cm³/mol. The maximum atomic E-state index is 4.27. The zero-order valence-corrected chi connectivity index (χ0v) is 12.1. The first kappa shape index (κ1) is 13.4.